The Morgan fingerprint density at radius 2 is 1.90 bits per heavy atom. The molecule has 0 spiro atoms. The predicted octanol–water partition coefficient (Wildman–Crippen LogP) is 2.61. The molecule has 4 nitrogen and oxygen atoms in total. The van der Waals surface area contributed by atoms with Crippen molar-refractivity contribution in [2.24, 2.45) is 0 Å². The van der Waals surface area contributed by atoms with Crippen molar-refractivity contribution in [1.82, 2.24) is 5.32 Å². The Hall–Kier alpha value is -1.55. The van der Waals surface area contributed by atoms with Crippen LogP contribution in [0.5, 0.6) is 5.75 Å². The molecule has 1 N–H and O–H groups in total. The normalized spacial score (nSPS) is 12.0. The van der Waals surface area contributed by atoms with Gasteiger partial charge in [0.1, 0.15) is 5.75 Å². The summed E-state index contributed by atoms with van der Waals surface area (Å²) >= 11 is 0. The first-order valence-electron chi connectivity index (χ1n) is 7.13. The zero-order valence-electron chi connectivity index (χ0n) is 12.9. The van der Waals surface area contributed by atoms with Gasteiger partial charge in [-0.2, -0.15) is 0 Å². The first-order valence-corrected chi connectivity index (χ1v) is 7.13. The van der Waals surface area contributed by atoms with Gasteiger partial charge >= 0.3 is 0 Å². The molecule has 0 saturated carbocycles. The lowest BCUT2D eigenvalue weighted by Gasteiger charge is -2.15. The molecule has 1 atom stereocenters. The van der Waals surface area contributed by atoms with Crippen LogP contribution in [0.4, 0.5) is 0 Å². The van der Waals surface area contributed by atoms with Gasteiger partial charge in [0.25, 0.3) is 5.91 Å². The zero-order valence-corrected chi connectivity index (χ0v) is 12.9. The van der Waals surface area contributed by atoms with E-state index in [0.29, 0.717) is 19.8 Å². The Bertz CT molecular complexity index is 411. The maximum absolute atomic E-state index is 11.9. The third-order valence-corrected chi connectivity index (χ3v) is 2.85. The molecule has 1 rings (SSSR count). The number of hydrogen-bond acceptors (Lipinski definition) is 3. The molecule has 0 aliphatic rings. The second-order valence-corrected chi connectivity index (χ2v) is 4.92. The summed E-state index contributed by atoms with van der Waals surface area (Å²) in [6.45, 7) is 9.73. The number of amides is 1. The summed E-state index contributed by atoms with van der Waals surface area (Å²) in [6.07, 6.45) is 0.318. The van der Waals surface area contributed by atoms with Crippen LogP contribution in [0.25, 0.3) is 0 Å². The van der Waals surface area contributed by atoms with Gasteiger partial charge in [0.05, 0.1) is 0 Å². The molecule has 1 amide bonds. The highest BCUT2D eigenvalue weighted by atomic mass is 16.5. The highest BCUT2D eigenvalue weighted by Gasteiger charge is 2.14. The summed E-state index contributed by atoms with van der Waals surface area (Å²) < 4.78 is 10.9. The van der Waals surface area contributed by atoms with Crippen LogP contribution in [0.2, 0.25) is 0 Å². The molecule has 0 bridgehead atoms. The van der Waals surface area contributed by atoms with Crippen molar-refractivity contribution >= 4 is 5.91 Å². The molecule has 112 valence electrons. The van der Waals surface area contributed by atoms with Crippen molar-refractivity contribution in [3.8, 4) is 5.75 Å². The van der Waals surface area contributed by atoms with E-state index in [-0.39, 0.29) is 5.91 Å². The highest BCUT2D eigenvalue weighted by molar-refractivity contribution is 5.80. The van der Waals surface area contributed by atoms with Gasteiger partial charge in [-0.3, -0.25) is 4.79 Å². The van der Waals surface area contributed by atoms with E-state index in [1.54, 1.807) is 6.92 Å². The molecule has 0 saturated heterocycles. The molecule has 20 heavy (non-hydrogen) atoms. The van der Waals surface area contributed by atoms with Gasteiger partial charge in [-0.15, -0.1) is 0 Å². The van der Waals surface area contributed by atoms with Crippen LogP contribution in [-0.4, -0.2) is 31.8 Å². The Balaban J connectivity index is 2.37. The molecular formula is C16H25NO3. The van der Waals surface area contributed by atoms with Crippen LogP contribution in [0.3, 0.4) is 0 Å². The molecule has 0 heterocycles. The summed E-state index contributed by atoms with van der Waals surface area (Å²) in [4.78, 5) is 11.9. The first-order chi connectivity index (χ1) is 9.52. The molecule has 0 aliphatic heterocycles. The van der Waals surface area contributed by atoms with Gasteiger partial charge in [0.15, 0.2) is 6.10 Å². The quantitative estimate of drug-likeness (QED) is 0.744. The van der Waals surface area contributed by atoms with Gasteiger partial charge < -0.3 is 14.8 Å². The fourth-order valence-corrected chi connectivity index (χ4v) is 1.93. The Morgan fingerprint density at radius 3 is 2.50 bits per heavy atom. The third-order valence-electron chi connectivity index (χ3n) is 2.85. The molecule has 0 radical (unpaired) electrons. The van der Waals surface area contributed by atoms with Crippen LogP contribution in [0.1, 0.15) is 31.4 Å². The van der Waals surface area contributed by atoms with Gasteiger partial charge in [-0.1, -0.05) is 6.07 Å². The third kappa shape index (κ3) is 6.06. The molecule has 0 aliphatic carbocycles. The molecule has 0 fully saturated rings. The summed E-state index contributed by atoms with van der Waals surface area (Å²) in [5.41, 5.74) is 2.26. The maximum atomic E-state index is 11.9. The number of carbonyl (C=O) groups is 1. The molecule has 4 heteroatoms. The van der Waals surface area contributed by atoms with Crippen molar-refractivity contribution in [3.05, 3.63) is 29.3 Å². The van der Waals surface area contributed by atoms with E-state index in [0.717, 1.165) is 23.3 Å². The second-order valence-electron chi connectivity index (χ2n) is 4.92. The molecule has 1 aromatic carbocycles. The van der Waals surface area contributed by atoms with E-state index >= 15 is 0 Å². The lowest BCUT2D eigenvalue weighted by molar-refractivity contribution is -0.127. The average molecular weight is 279 g/mol. The van der Waals surface area contributed by atoms with Gasteiger partial charge in [-0.25, -0.2) is 0 Å². The largest absolute Gasteiger partial charge is 0.481 e. The molecule has 1 aromatic rings. The maximum Gasteiger partial charge on any atom is 0.260 e. The summed E-state index contributed by atoms with van der Waals surface area (Å²) in [5.74, 6) is 0.639. The average Bonchev–Trinajstić information content (AvgIpc) is 2.36. The Labute approximate surface area is 121 Å². The lowest BCUT2D eigenvalue weighted by atomic mass is 10.1. The van der Waals surface area contributed by atoms with Gasteiger partial charge in [0.2, 0.25) is 0 Å². The monoisotopic (exact) mass is 279 g/mol. The van der Waals surface area contributed by atoms with Crippen LogP contribution in [0, 0.1) is 13.8 Å². The van der Waals surface area contributed by atoms with E-state index in [2.05, 4.69) is 11.4 Å². The van der Waals surface area contributed by atoms with Crippen LogP contribution >= 0.6 is 0 Å². The Morgan fingerprint density at radius 1 is 1.25 bits per heavy atom. The fraction of sp³-hybridized carbons (Fsp3) is 0.562. The second kappa shape index (κ2) is 8.59. The summed E-state index contributed by atoms with van der Waals surface area (Å²) in [6, 6.07) is 5.95. The standard InChI is InChI=1S/C16H25NO3/c1-5-19-8-6-7-17-16(18)14(4)20-15-10-12(2)9-13(3)11-15/h9-11,14H,5-8H2,1-4H3,(H,17,18)/t14-/m0/s1. The van der Waals surface area contributed by atoms with Crippen molar-refractivity contribution < 1.29 is 14.3 Å². The van der Waals surface area contributed by atoms with Crippen LogP contribution in [-0.2, 0) is 9.53 Å². The predicted molar refractivity (Wildman–Crippen MR) is 80.1 cm³/mol. The van der Waals surface area contributed by atoms with E-state index in [1.165, 1.54) is 0 Å². The summed E-state index contributed by atoms with van der Waals surface area (Å²) in [5, 5.41) is 2.85. The van der Waals surface area contributed by atoms with E-state index in [1.807, 2.05) is 32.9 Å². The minimum Gasteiger partial charge on any atom is -0.481 e. The Kier molecular flexibility index (Phi) is 7.09. The number of nitrogens with one attached hydrogen (secondary N) is 1. The van der Waals surface area contributed by atoms with Crippen LogP contribution < -0.4 is 10.1 Å². The van der Waals surface area contributed by atoms with Crippen molar-refractivity contribution in [3.63, 3.8) is 0 Å². The number of rotatable bonds is 8. The number of carbonyl (C=O) groups excluding carboxylic acids is 1. The minimum absolute atomic E-state index is 0.0966. The number of hydrogen-bond donors (Lipinski definition) is 1. The first kappa shape index (κ1) is 16.5. The van der Waals surface area contributed by atoms with E-state index < -0.39 is 6.10 Å². The minimum atomic E-state index is -0.497. The van der Waals surface area contributed by atoms with E-state index in [4.69, 9.17) is 9.47 Å². The summed E-state index contributed by atoms with van der Waals surface area (Å²) in [7, 11) is 0. The fourth-order valence-electron chi connectivity index (χ4n) is 1.93. The van der Waals surface area contributed by atoms with E-state index in [9.17, 15) is 4.79 Å². The van der Waals surface area contributed by atoms with Crippen molar-refractivity contribution in [2.75, 3.05) is 19.8 Å². The van der Waals surface area contributed by atoms with Crippen LogP contribution in [0.15, 0.2) is 18.2 Å². The SMILES string of the molecule is CCOCCCNC(=O)[C@H](C)Oc1cc(C)cc(C)c1. The topological polar surface area (TPSA) is 47.6 Å². The number of aryl methyl sites for hydroxylation is 2. The molecule has 0 aromatic heterocycles. The zero-order chi connectivity index (χ0) is 15.0. The smallest absolute Gasteiger partial charge is 0.260 e. The lowest BCUT2D eigenvalue weighted by Crippen LogP contribution is -2.37. The van der Waals surface area contributed by atoms with Gasteiger partial charge in [0, 0.05) is 19.8 Å². The number of ether oxygens (including phenoxy) is 2. The van der Waals surface area contributed by atoms with Crippen molar-refractivity contribution in [2.45, 2.75) is 40.2 Å². The van der Waals surface area contributed by atoms with Gasteiger partial charge in [-0.05, 0) is 57.4 Å². The number of benzene rings is 1. The highest BCUT2D eigenvalue weighted by Crippen LogP contribution is 2.17. The molecular weight excluding hydrogens is 254 g/mol. The molecule has 0 unspecified atom stereocenters. The van der Waals surface area contributed by atoms with Crippen molar-refractivity contribution in [1.29, 1.82) is 0 Å².